The predicted molar refractivity (Wildman–Crippen MR) is 84.2 cm³/mol. The second-order valence-corrected chi connectivity index (χ2v) is 6.14. The van der Waals surface area contributed by atoms with Gasteiger partial charge in [-0.3, -0.25) is 0 Å². The summed E-state index contributed by atoms with van der Waals surface area (Å²) < 4.78 is 1.15. The zero-order valence-corrected chi connectivity index (χ0v) is 12.4. The Morgan fingerprint density at radius 3 is 2.47 bits per heavy atom. The van der Waals surface area contributed by atoms with Gasteiger partial charge < -0.3 is 5.73 Å². The number of aromatic nitrogens is 1. The van der Waals surface area contributed by atoms with Crippen molar-refractivity contribution in [2.24, 2.45) is 0 Å². The summed E-state index contributed by atoms with van der Waals surface area (Å²) in [6.07, 6.45) is 0. The Kier molecular flexibility index (Phi) is 3.13. The highest BCUT2D eigenvalue weighted by atomic mass is 35.5. The highest BCUT2D eigenvalue weighted by Gasteiger charge is 2.11. The van der Waals surface area contributed by atoms with E-state index in [0.29, 0.717) is 15.7 Å². The van der Waals surface area contributed by atoms with Crippen molar-refractivity contribution in [3.63, 3.8) is 0 Å². The van der Waals surface area contributed by atoms with Crippen molar-refractivity contribution in [1.82, 2.24) is 4.98 Å². The summed E-state index contributed by atoms with van der Waals surface area (Å²) in [4.78, 5) is 4.65. The van der Waals surface area contributed by atoms with Crippen LogP contribution in [0.3, 0.4) is 0 Å². The lowest BCUT2D eigenvalue weighted by Crippen LogP contribution is -1.88. The van der Waals surface area contributed by atoms with Gasteiger partial charge in [0.2, 0.25) is 0 Å². The highest BCUT2D eigenvalue weighted by Crippen LogP contribution is 2.37. The number of para-hydroxylation sites is 1. The number of halogens is 2. The van der Waals surface area contributed by atoms with E-state index in [-0.39, 0.29) is 0 Å². The number of anilines is 1. The molecule has 1 heterocycles. The van der Waals surface area contributed by atoms with Gasteiger partial charge in [0.05, 0.1) is 25.9 Å². The molecule has 0 atom stereocenters. The van der Waals surface area contributed by atoms with Crippen molar-refractivity contribution in [1.29, 1.82) is 0 Å². The van der Waals surface area contributed by atoms with Crippen molar-refractivity contribution in [2.75, 3.05) is 5.73 Å². The van der Waals surface area contributed by atoms with Crippen LogP contribution in [-0.2, 0) is 0 Å². The van der Waals surface area contributed by atoms with E-state index in [1.54, 1.807) is 23.5 Å². The third-order valence-corrected chi connectivity index (χ3v) is 4.64. The maximum Gasteiger partial charge on any atom is 0.124 e. The van der Waals surface area contributed by atoms with Gasteiger partial charge in [0, 0.05) is 5.56 Å². The lowest BCUT2D eigenvalue weighted by atomic mass is 10.2. The molecule has 0 aliphatic carbocycles. The van der Waals surface area contributed by atoms with Gasteiger partial charge >= 0.3 is 0 Å². The Hall–Kier alpha value is -1.29. The van der Waals surface area contributed by atoms with Crippen LogP contribution in [0.15, 0.2) is 30.3 Å². The molecule has 0 bridgehead atoms. The summed E-state index contributed by atoms with van der Waals surface area (Å²) in [6, 6.07) is 9.74. The first-order valence-corrected chi connectivity index (χ1v) is 7.24. The fourth-order valence-corrected chi connectivity index (χ4v) is 3.44. The van der Waals surface area contributed by atoms with Crippen LogP contribution in [0.1, 0.15) is 5.56 Å². The van der Waals surface area contributed by atoms with Gasteiger partial charge in [-0.2, -0.15) is 0 Å². The van der Waals surface area contributed by atoms with Crippen molar-refractivity contribution >= 4 is 50.4 Å². The molecular weight excluding hydrogens is 299 g/mol. The van der Waals surface area contributed by atoms with Gasteiger partial charge in [-0.05, 0) is 30.7 Å². The number of hydrogen-bond acceptors (Lipinski definition) is 3. The predicted octanol–water partition coefficient (Wildman–Crippen LogP) is 5.16. The van der Waals surface area contributed by atoms with Gasteiger partial charge in [0.25, 0.3) is 0 Å². The number of thiazole rings is 1. The zero-order valence-electron chi connectivity index (χ0n) is 10.1. The van der Waals surface area contributed by atoms with Crippen LogP contribution in [-0.4, -0.2) is 4.98 Å². The first-order valence-electron chi connectivity index (χ1n) is 5.67. The molecule has 0 aliphatic heterocycles. The molecule has 0 saturated carbocycles. The highest BCUT2D eigenvalue weighted by molar-refractivity contribution is 7.21. The van der Waals surface area contributed by atoms with Crippen LogP contribution in [0.5, 0.6) is 0 Å². The van der Waals surface area contributed by atoms with E-state index >= 15 is 0 Å². The summed E-state index contributed by atoms with van der Waals surface area (Å²) >= 11 is 13.8. The molecule has 3 aromatic rings. The van der Waals surface area contributed by atoms with Crippen molar-refractivity contribution in [3.8, 4) is 10.6 Å². The number of nitrogens with two attached hydrogens (primary N) is 1. The molecule has 0 saturated heterocycles. The summed E-state index contributed by atoms with van der Waals surface area (Å²) in [5.41, 5.74) is 9.23. The maximum absolute atomic E-state index is 6.07. The van der Waals surface area contributed by atoms with E-state index < -0.39 is 0 Å². The monoisotopic (exact) mass is 308 g/mol. The number of nitrogens with zero attached hydrogens (tertiary/aromatic N) is 1. The topological polar surface area (TPSA) is 38.9 Å². The Labute approximate surface area is 124 Å². The molecule has 5 heteroatoms. The molecule has 3 rings (SSSR count). The fraction of sp³-hybridized carbons (Fsp3) is 0.0714. The average molecular weight is 309 g/mol. The number of aryl methyl sites for hydroxylation is 1. The second-order valence-electron chi connectivity index (χ2n) is 4.29. The van der Waals surface area contributed by atoms with E-state index in [1.165, 1.54) is 0 Å². The molecule has 0 amide bonds. The molecule has 96 valence electrons. The minimum atomic E-state index is 0.407. The molecule has 2 N–H and O–H groups in total. The first kappa shape index (κ1) is 12.7. The van der Waals surface area contributed by atoms with Crippen LogP contribution in [0.4, 0.5) is 5.69 Å². The summed E-state index contributed by atoms with van der Waals surface area (Å²) in [7, 11) is 0. The van der Waals surface area contributed by atoms with E-state index in [1.807, 2.05) is 6.07 Å². The number of nitrogen functional groups attached to an aromatic ring is 1. The van der Waals surface area contributed by atoms with Gasteiger partial charge in [-0.15, -0.1) is 11.3 Å². The Balaban J connectivity index is 2.22. The van der Waals surface area contributed by atoms with Crippen LogP contribution in [0, 0.1) is 6.92 Å². The van der Waals surface area contributed by atoms with Crippen LogP contribution in [0.2, 0.25) is 10.0 Å². The smallest absolute Gasteiger partial charge is 0.124 e. The largest absolute Gasteiger partial charge is 0.396 e. The van der Waals surface area contributed by atoms with Crippen molar-refractivity contribution in [2.45, 2.75) is 6.92 Å². The Bertz CT molecular complexity index is 757. The Morgan fingerprint density at radius 2 is 1.84 bits per heavy atom. The van der Waals surface area contributed by atoms with Crippen molar-refractivity contribution in [3.05, 3.63) is 45.9 Å². The minimum Gasteiger partial charge on any atom is -0.396 e. The quantitative estimate of drug-likeness (QED) is 0.630. The molecule has 0 aliphatic rings. The maximum atomic E-state index is 6.07. The molecule has 2 aromatic carbocycles. The third kappa shape index (κ3) is 2.18. The zero-order chi connectivity index (χ0) is 13.6. The third-order valence-electron chi connectivity index (χ3n) is 2.95. The van der Waals surface area contributed by atoms with Gasteiger partial charge in [0.1, 0.15) is 5.01 Å². The molecule has 2 nitrogen and oxygen atoms in total. The average Bonchev–Trinajstić information content (AvgIpc) is 2.81. The summed E-state index contributed by atoms with van der Waals surface area (Å²) in [5.74, 6) is 0. The second kappa shape index (κ2) is 4.67. The first-order chi connectivity index (χ1) is 9.06. The molecule has 0 spiro atoms. The summed E-state index contributed by atoms with van der Waals surface area (Å²) in [6.45, 7) is 2.05. The van der Waals surface area contributed by atoms with E-state index in [4.69, 9.17) is 28.9 Å². The number of fused-ring (bicyclic) bond motifs is 1. The molecule has 0 fully saturated rings. The normalized spacial score (nSPS) is 11.1. The lowest BCUT2D eigenvalue weighted by molar-refractivity contribution is 1.42. The van der Waals surface area contributed by atoms with Gasteiger partial charge in [0.15, 0.2) is 0 Å². The fourth-order valence-electron chi connectivity index (χ4n) is 1.92. The molecule has 0 radical (unpaired) electrons. The van der Waals surface area contributed by atoms with E-state index in [2.05, 4.69) is 24.0 Å². The minimum absolute atomic E-state index is 0.407. The summed E-state index contributed by atoms with van der Waals surface area (Å²) in [5, 5.41) is 1.81. The SMILES string of the molecule is Cc1cccc2sc(-c3cc(Cl)c(N)c(Cl)c3)nc12. The standard InChI is InChI=1S/C14H10Cl2N2S/c1-7-3-2-4-11-13(7)18-14(19-11)8-5-9(15)12(17)10(16)6-8/h2-6H,17H2,1H3. The van der Waals surface area contributed by atoms with Crippen LogP contribution < -0.4 is 5.73 Å². The van der Waals surface area contributed by atoms with E-state index in [9.17, 15) is 0 Å². The number of benzene rings is 2. The van der Waals surface area contributed by atoms with Crippen LogP contribution >= 0.6 is 34.5 Å². The number of hydrogen-bond donors (Lipinski definition) is 1. The molecular formula is C14H10Cl2N2S. The molecule has 19 heavy (non-hydrogen) atoms. The van der Waals surface area contributed by atoms with Crippen molar-refractivity contribution < 1.29 is 0 Å². The van der Waals surface area contributed by atoms with Crippen LogP contribution in [0.25, 0.3) is 20.8 Å². The van der Waals surface area contributed by atoms with Gasteiger partial charge in [-0.25, -0.2) is 4.98 Å². The number of rotatable bonds is 1. The lowest BCUT2D eigenvalue weighted by Gasteiger charge is -2.03. The van der Waals surface area contributed by atoms with Gasteiger partial charge in [-0.1, -0.05) is 35.3 Å². The molecule has 1 aromatic heterocycles. The Morgan fingerprint density at radius 1 is 1.16 bits per heavy atom. The van der Waals surface area contributed by atoms with E-state index in [0.717, 1.165) is 26.4 Å². The molecule has 0 unspecified atom stereocenters.